The normalized spacial score (nSPS) is 20.3. The molecule has 1 aliphatic carbocycles. The third-order valence-electron chi connectivity index (χ3n) is 4.92. The highest BCUT2D eigenvalue weighted by Crippen LogP contribution is 2.27. The summed E-state index contributed by atoms with van der Waals surface area (Å²) in [6.45, 7) is 2.35. The smallest absolute Gasteiger partial charge is 0.254 e. The summed E-state index contributed by atoms with van der Waals surface area (Å²) in [5.74, 6) is 0.134. The van der Waals surface area contributed by atoms with E-state index in [4.69, 9.17) is 0 Å². The molecule has 0 bridgehead atoms. The summed E-state index contributed by atoms with van der Waals surface area (Å²) in [6.07, 6.45) is 7.09. The number of aromatic nitrogens is 1. The van der Waals surface area contributed by atoms with Gasteiger partial charge in [-0.3, -0.25) is 9.78 Å². The van der Waals surface area contributed by atoms with Crippen LogP contribution in [0.5, 0.6) is 0 Å². The second-order valence-electron chi connectivity index (χ2n) is 6.34. The molecule has 1 saturated heterocycles. The maximum absolute atomic E-state index is 13.1. The fraction of sp³-hybridized carbons (Fsp3) is 0.368. The van der Waals surface area contributed by atoms with Gasteiger partial charge in [-0.05, 0) is 54.2 Å². The van der Waals surface area contributed by atoms with Crippen LogP contribution in [0.3, 0.4) is 0 Å². The second-order valence-corrected chi connectivity index (χ2v) is 6.34. The Kier molecular flexibility index (Phi) is 3.83. The highest BCUT2D eigenvalue weighted by Gasteiger charge is 2.29. The lowest BCUT2D eigenvalue weighted by Crippen LogP contribution is -2.48. The Bertz CT molecular complexity index is 714. The number of carbonyl (C=O) groups is 1. The number of benzene rings is 1. The van der Waals surface area contributed by atoms with Gasteiger partial charge in [-0.25, -0.2) is 0 Å². The number of aryl methyl sites for hydroxylation is 2. The van der Waals surface area contributed by atoms with Crippen molar-refractivity contribution in [1.29, 1.82) is 0 Å². The fourth-order valence-electron chi connectivity index (χ4n) is 3.69. The summed E-state index contributed by atoms with van der Waals surface area (Å²) >= 11 is 0. The van der Waals surface area contributed by atoms with Gasteiger partial charge in [-0.1, -0.05) is 12.1 Å². The van der Waals surface area contributed by atoms with Crippen LogP contribution < -0.4 is 5.32 Å². The zero-order valence-corrected chi connectivity index (χ0v) is 13.2. The summed E-state index contributed by atoms with van der Waals surface area (Å²) < 4.78 is 0. The minimum Gasteiger partial charge on any atom is -0.329 e. The number of hydrogen-bond donors (Lipinski definition) is 1. The number of nitrogens with one attached hydrogen (secondary N) is 1. The second kappa shape index (κ2) is 6.13. The van der Waals surface area contributed by atoms with Gasteiger partial charge in [0.2, 0.25) is 0 Å². The van der Waals surface area contributed by atoms with Gasteiger partial charge in [0.25, 0.3) is 5.91 Å². The zero-order chi connectivity index (χ0) is 15.6. The lowest BCUT2D eigenvalue weighted by molar-refractivity contribution is 0.0634. The molecule has 0 saturated carbocycles. The molecule has 2 aromatic rings. The molecule has 0 radical (unpaired) electrons. The molecule has 4 nitrogen and oxygen atoms in total. The first kappa shape index (κ1) is 14.4. The molecule has 1 aliphatic heterocycles. The lowest BCUT2D eigenvalue weighted by atomic mass is 10.0. The molecule has 118 valence electrons. The van der Waals surface area contributed by atoms with Gasteiger partial charge in [0, 0.05) is 37.6 Å². The van der Waals surface area contributed by atoms with E-state index < -0.39 is 0 Å². The molecule has 1 N–H and O–H groups in total. The van der Waals surface area contributed by atoms with Crippen LogP contribution in [0.2, 0.25) is 0 Å². The first-order chi connectivity index (χ1) is 11.3. The SMILES string of the molecule is O=C(c1ccc2c(c1)CCC2)N1CCNCC1c1cccnc1. The third kappa shape index (κ3) is 2.75. The van der Waals surface area contributed by atoms with E-state index in [1.165, 1.54) is 17.5 Å². The van der Waals surface area contributed by atoms with Crippen molar-refractivity contribution < 1.29 is 4.79 Å². The number of fused-ring (bicyclic) bond motifs is 1. The molecule has 2 heterocycles. The third-order valence-corrected chi connectivity index (χ3v) is 4.92. The van der Waals surface area contributed by atoms with Crippen LogP contribution in [0.15, 0.2) is 42.7 Å². The quantitative estimate of drug-likeness (QED) is 0.926. The molecule has 0 spiro atoms. The summed E-state index contributed by atoms with van der Waals surface area (Å²) in [6, 6.07) is 10.3. The van der Waals surface area contributed by atoms with Crippen molar-refractivity contribution in [2.45, 2.75) is 25.3 Å². The first-order valence-corrected chi connectivity index (χ1v) is 8.36. The number of piperazine rings is 1. The predicted octanol–water partition coefficient (Wildman–Crippen LogP) is 2.36. The number of hydrogen-bond acceptors (Lipinski definition) is 3. The van der Waals surface area contributed by atoms with Crippen LogP contribution in [0.25, 0.3) is 0 Å². The Morgan fingerprint density at radius 1 is 1.22 bits per heavy atom. The Balaban J connectivity index is 1.63. The van der Waals surface area contributed by atoms with Crippen LogP contribution >= 0.6 is 0 Å². The van der Waals surface area contributed by atoms with E-state index in [2.05, 4.69) is 22.4 Å². The summed E-state index contributed by atoms with van der Waals surface area (Å²) in [4.78, 5) is 19.3. The maximum Gasteiger partial charge on any atom is 0.254 e. The molecule has 4 rings (SSSR count). The molecule has 1 fully saturated rings. The van der Waals surface area contributed by atoms with Crippen molar-refractivity contribution >= 4 is 5.91 Å². The van der Waals surface area contributed by atoms with E-state index in [9.17, 15) is 4.79 Å². The largest absolute Gasteiger partial charge is 0.329 e. The van der Waals surface area contributed by atoms with Crippen LogP contribution in [0.1, 0.15) is 39.5 Å². The van der Waals surface area contributed by atoms with Gasteiger partial charge < -0.3 is 10.2 Å². The van der Waals surface area contributed by atoms with E-state index in [0.29, 0.717) is 0 Å². The van der Waals surface area contributed by atoms with Crippen molar-refractivity contribution in [2.75, 3.05) is 19.6 Å². The summed E-state index contributed by atoms with van der Waals surface area (Å²) in [7, 11) is 0. The standard InChI is InChI=1S/C19H21N3O/c23-19(16-7-6-14-3-1-4-15(14)11-16)22-10-9-21-13-18(22)17-5-2-8-20-12-17/h2,5-8,11-12,18,21H,1,3-4,9-10,13H2. The number of carbonyl (C=O) groups excluding carboxylic acids is 1. The highest BCUT2D eigenvalue weighted by atomic mass is 16.2. The zero-order valence-electron chi connectivity index (χ0n) is 13.2. The molecule has 1 aromatic carbocycles. The van der Waals surface area contributed by atoms with E-state index in [1.54, 1.807) is 6.20 Å². The molecule has 23 heavy (non-hydrogen) atoms. The van der Waals surface area contributed by atoms with Crippen molar-refractivity contribution in [3.05, 3.63) is 65.0 Å². The Hall–Kier alpha value is -2.20. The molecule has 2 aliphatic rings. The number of amides is 1. The molecule has 1 atom stereocenters. The average molecular weight is 307 g/mol. The molecule has 4 heteroatoms. The van der Waals surface area contributed by atoms with E-state index in [-0.39, 0.29) is 11.9 Å². The number of rotatable bonds is 2. The van der Waals surface area contributed by atoms with Crippen molar-refractivity contribution in [3.63, 3.8) is 0 Å². The molecule has 1 aromatic heterocycles. The van der Waals surface area contributed by atoms with Crippen molar-refractivity contribution in [1.82, 2.24) is 15.2 Å². The predicted molar refractivity (Wildman–Crippen MR) is 89.4 cm³/mol. The van der Waals surface area contributed by atoms with Crippen LogP contribution in [0.4, 0.5) is 0 Å². The van der Waals surface area contributed by atoms with Crippen molar-refractivity contribution in [3.8, 4) is 0 Å². The highest BCUT2D eigenvalue weighted by molar-refractivity contribution is 5.95. The van der Waals surface area contributed by atoms with Gasteiger partial charge in [-0.15, -0.1) is 0 Å². The Morgan fingerprint density at radius 3 is 3.00 bits per heavy atom. The molecule has 1 unspecified atom stereocenters. The van der Waals surface area contributed by atoms with Gasteiger partial charge in [0.05, 0.1) is 6.04 Å². The van der Waals surface area contributed by atoms with Gasteiger partial charge >= 0.3 is 0 Å². The average Bonchev–Trinajstić information content (AvgIpc) is 3.09. The van der Waals surface area contributed by atoms with Gasteiger partial charge in [0.1, 0.15) is 0 Å². The topological polar surface area (TPSA) is 45.2 Å². The van der Waals surface area contributed by atoms with E-state index >= 15 is 0 Å². The number of pyridine rings is 1. The summed E-state index contributed by atoms with van der Waals surface area (Å²) in [5.41, 5.74) is 4.67. The molecular formula is C19H21N3O. The van der Waals surface area contributed by atoms with E-state index in [1.807, 2.05) is 29.3 Å². The Labute approximate surface area is 136 Å². The molecular weight excluding hydrogens is 286 g/mol. The van der Waals surface area contributed by atoms with E-state index in [0.717, 1.165) is 43.6 Å². The van der Waals surface area contributed by atoms with Crippen LogP contribution in [0, 0.1) is 0 Å². The number of nitrogens with zero attached hydrogens (tertiary/aromatic N) is 2. The Morgan fingerprint density at radius 2 is 2.13 bits per heavy atom. The lowest BCUT2D eigenvalue weighted by Gasteiger charge is -2.36. The minimum absolute atomic E-state index is 0.0539. The van der Waals surface area contributed by atoms with Crippen molar-refractivity contribution in [2.24, 2.45) is 0 Å². The first-order valence-electron chi connectivity index (χ1n) is 8.36. The fourth-order valence-corrected chi connectivity index (χ4v) is 3.69. The molecule has 1 amide bonds. The van der Waals surface area contributed by atoms with Gasteiger partial charge in [-0.2, -0.15) is 0 Å². The van der Waals surface area contributed by atoms with Crippen LogP contribution in [-0.2, 0) is 12.8 Å². The monoisotopic (exact) mass is 307 g/mol. The summed E-state index contributed by atoms with van der Waals surface area (Å²) in [5, 5.41) is 3.39. The maximum atomic E-state index is 13.1. The minimum atomic E-state index is 0.0539. The van der Waals surface area contributed by atoms with Crippen LogP contribution in [-0.4, -0.2) is 35.4 Å². The van der Waals surface area contributed by atoms with Gasteiger partial charge in [0.15, 0.2) is 0 Å².